The summed E-state index contributed by atoms with van der Waals surface area (Å²) in [5, 5.41) is 0. The number of carbonyl (C=O) groups excluding carboxylic acids is 2. The molecule has 1 unspecified atom stereocenters. The van der Waals surface area contributed by atoms with Gasteiger partial charge in [-0.15, -0.1) is 0 Å². The predicted octanol–water partition coefficient (Wildman–Crippen LogP) is 2.42. The Labute approximate surface area is 113 Å². The van der Waals surface area contributed by atoms with Gasteiger partial charge in [-0.25, -0.2) is 4.79 Å². The van der Waals surface area contributed by atoms with Crippen LogP contribution in [-0.2, 0) is 9.53 Å². The number of carbonyl (C=O) groups is 2. The standard InChI is InChI=1S/C15H19NO3/c1-16(2)12-9-7-11(8-10-12)15(18)19-14-6-4-3-5-13(14)17/h7-10,14H,3-6H2,1-2H3. The molecule has 102 valence electrons. The zero-order valence-electron chi connectivity index (χ0n) is 11.4. The monoisotopic (exact) mass is 261 g/mol. The lowest BCUT2D eigenvalue weighted by Crippen LogP contribution is -2.30. The number of anilines is 1. The van der Waals surface area contributed by atoms with Crippen LogP contribution in [0.2, 0.25) is 0 Å². The summed E-state index contributed by atoms with van der Waals surface area (Å²) in [5.41, 5.74) is 1.51. The van der Waals surface area contributed by atoms with Crippen molar-refractivity contribution in [1.29, 1.82) is 0 Å². The highest BCUT2D eigenvalue weighted by Crippen LogP contribution is 2.19. The molecule has 0 aromatic heterocycles. The average molecular weight is 261 g/mol. The van der Waals surface area contributed by atoms with Crippen molar-refractivity contribution in [3.63, 3.8) is 0 Å². The molecule has 4 heteroatoms. The minimum Gasteiger partial charge on any atom is -0.451 e. The largest absolute Gasteiger partial charge is 0.451 e. The lowest BCUT2D eigenvalue weighted by atomic mass is 9.96. The van der Waals surface area contributed by atoms with E-state index in [9.17, 15) is 9.59 Å². The Kier molecular flexibility index (Phi) is 4.20. The zero-order chi connectivity index (χ0) is 13.8. The number of benzene rings is 1. The van der Waals surface area contributed by atoms with Crippen LogP contribution in [0.15, 0.2) is 24.3 Å². The maximum Gasteiger partial charge on any atom is 0.338 e. The van der Waals surface area contributed by atoms with Crippen LogP contribution in [0.25, 0.3) is 0 Å². The molecule has 0 aliphatic heterocycles. The molecule has 1 fully saturated rings. The van der Waals surface area contributed by atoms with Crippen LogP contribution in [0.1, 0.15) is 36.0 Å². The minimum atomic E-state index is -0.547. The summed E-state index contributed by atoms with van der Waals surface area (Å²) in [6.45, 7) is 0. The van der Waals surface area contributed by atoms with Gasteiger partial charge in [0.25, 0.3) is 0 Å². The van der Waals surface area contributed by atoms with Gasteiger partial charge in [-0.05, 0) is 43.5 Å². The molecule has 19 heavy (non-hydrogen) atoms. The van der Waals surface area contributed by atoms with Crippen molar-refractivity contribution in [3.05, 3.63) is 29.8 Å². The van der Waals surface area contributed by atoms with Crippen LogP contribution in [0, 0.1) is 0 Å². The summed E-state index contributed by atoms with van der Waals surface area (Å²) < 4.78 is 5.29. The smallest absolute Gasteiger partial charge is 0.338 e. The van der Waals surface area contributed by atoms with Gasteiger partial charge in [0.05, 0.1) is 5.56 Å². The predicted molar refractivity (Wildman–Crippen MR) is 73.4 cm³/mol. The van der Waals surface area contributed by atoms with Gasteiger partial charge >= 0.3 is 5.97 Å². The van der Waals surface area contributed by atoms with Gasteiger partial charge in [0.1, 0.15) is 0 Å². The van der Waals surface area contributed by atoms with Gasteiger partial charge in [-0.3, -0.25) is 4.79 Å². The first-order valence-electron chi connectivity index (χ1n) is 6.59. The van der Waals surface area contributed by atoms with Gasteiger partial charge in [0.2, 0.25) is 0 Å². The molecular formula is C15H19NO3. The lowest BCUT2D eigenvalue weighted by Gasteiger charge is -2.20. The van der Waals surface area contributed by atoms with E-state index in [-0.39, 0.29) is 5.78 Å². The van der Waals surface area contributed by atoms with E-state index in [1.807, 2.05) is 31.1 Å². The third-order valence-electron chi connectivity index (χ3n) is 3.37. The van der Waals surface area contributed by atoms with E-state index in [1.54, 1.807) is 12.1 Å². The number of hydrogen-bond donors (Lipinski definition) is 0. The molecule has 1 aromatic carbocycles. The Bertz CT molecular complexity index is 465. The van der Waals surface area contributed by atoms with E-state index in [1.165, 1.54) is 0 Å². The van der Waals surface area contributed by atoms with E-state index in [0.29, 0.717) is 18.4 Å². The van der Waals surface area contributed by atoms with Crippen molar-refractivity contribution in [3.8, 4) is 0 Å². The summed E-state index contributed by atoms with van der Waals surface area (Å²) in [6, 6.07) is 7.18. The number of hydrogen-bond acceptors (Lipinski definition) is 4. The molecule has 2 rings (SSSR count). The number of Topliss-reactive ketones (excluding diaryl/α,β-unsaturated/α-hetero) is 1. The van der Waals surface area contributed by atoms with Gasteiger partial charge in [-0.2, -0.15) is 0 Å². The summed E-state index contributed by atoms with van der Waals surface area (Å²) >= 11 is 0. The van der Waals surface area contributed by atoms with Crippen LogP contribution in [-0.4, -0.2) is 32.0 Å². The van der Waals surface area contributed by atoms with E-state index in [2.05, 4.69) is 0 Å². The van der Waals surface area contributed by atoms with E-state index in [0.717, 1.165) is 18.5 Å². The molecule has 0 heterocycles. The summed E-state index contributed by atoms with van der Waals surface area (Å²) in [5.74, 6) is -0.366. The highest BCUT2D eigenvalue weighted by molar-refractivity contribution is 5.93. The topological polar surface area (TPSA) is 46.6 Å². The van der Waals surface area contributed by atoms with Crippen molar-refractivity contribution >= 4 is 17.4 Å². The quantitative estimate of drug-likeness (QED) is 0.784. The maximum absolute atomic E-state index is 12.0. The molecule has 0 saturated heterocycles. The van der Waals surface area contributed by atoms with Crippen molar-refractivity contribution in [2.45, 2.75) is 31.8 Å². The Morgan fingerprint density at radius 2 is 1.89 bits per heavy atom. The molecule has 1 aromatic rings. The van der Waals surface area contributed by atoms with Crippen LogP contribution >= 0.6 is 0 Å². The fraction of sp³-hybridized carbons (Fsp3) is 0.467. The molecular weight excluding hydrogens is 242 g/mol. The number of esters is 1. The Morgan fingerprint density at radius 3 is 2.47 bits per heavy atom. The molecule has 1 saturated carbocycles. The molecule has 0 spiro atoms. The first-order chi connectivity index (χ1) is 9.08. The summed E-state index contributed by atoms with van der Waals surface area (Å²) in [4.78, 5) is 25.5. The third kappa shape index (κ3) is 3.34. The summed E-state index contributed by atoms with van der Waals surface area (Å²) in [7, 11) is 3.88. The molecule has 0 N–H and O–H groups in total. The van der Waals surface area contributed by atoms with Gasteiger partial charge < -0.3 is 9.64 Å². The number of nitrogens with zero attached hydrogens (tertiary/aromatic N) is 1. The molecule has 4 nitrogen and oxygen atoms in total. The first kappa shape index (κ1) is 13.6. The van der Waals surface area contributed by atoms with Crippen LogP contribution < -0.4 is 4.90 Å². The minimum absolute atomic E-state index is 0.0458. The average Bonchev–Trinajstić information content (AvgIpc) is 2.41. The van der Waals surface area contributed by atoms with Crippen LogP contribution in [0.3, 0.4) is 0 Å². The van der Waals surface area contributed by atoms with Crippen molar-refractivity contribution < 1.29 is 14.3 Å². The van der Waals surface area contributed by atoms with Crippen LogP contribution in [0.4, 0.5) is 5.69 Å². The Morgan fingerprint density at radius 1 is 1.21 bits per heavy atom. The fourth-order valence-electron chi connectivity index (χ4n) is 2.17. The Hall–Kier alpha value is -1.84. The highest BCUT2D eigenvalue weighted by Gasteiger charge is 2.26. The van der Waals surface area contributed by atoms with Crippen molar-refractivity contribution in [2.75, 3.05) is 19.0 Å². The van der Waals surface area contributed by atoms with Gasteiger partial charge in [0.15, 0.2) is 11.9 Å². The van der Waals surface area contributed by atoms with E-state index >= 15 is 0 Å². The van der Waals surface area contributed by atoms with Crippen molar-refractivity contribution in [1.82, 2.24) is 0 Å². The second-order valence-corrected chi connectivity index (χ2v) is 5.05. The summed E-state index contributed by atoms with van der Waals surface area (Å²) in [6.07, 6.45) is 2.49. The third-order valence-corrected chi connectivity index (χ3v) is 3.37. The molecule has 1 aliphatic carbocycles. The number of ether oxygens (including phenoxy) is 1. The van der Waals surface area contributed by atoms with Crippen molar-refractivity contribution in [2.24, 2.45) is 0 Å². The molecule has 0 radical (unpaired) electrons. The molecule has 0 amide bonds. The number of rotatable bonds is 3. The second kappa shape index (κ2) is 5.87. The second-order valence-electron chi connectivity index (χ2n) is 5.05. The van der Waals surface area contributed by atoms with E-state index in [4.69, 9.17) is 4.74 Å². The Balaban J connectivity index is 2.01. The molecule has 0 bridgehead atoms. The highest BCUT2D eigenvalue weighted by atomic mass is 16.5. The normalized spacial score (nSPS) is 19.1. The first-order valence-corrected chi connectivity index (χ1v) is 6.59. The SMILES string of the molecule is CN(C)c1ccc(C(=O)OC2CCCCC2=O)cc1. The fourth-order valence-corrected chi connectivity index (χ4v) is 2.17. The van der Waals surface area contributed by atoms with Gasteiger partial charge in [-0.1, -0.05) is 0 Å². The van der Waals surface area contributed by atoms with Gasteiger partial charge in [0, 0.05) is 26.2 Å². The lowest BCUT2D eigenvalue weighted by molar-refractivity contribution is -0.129. The van der Waals surface area contributed by atoms with Crippen LogP contribution in [0.5, 0.6) is 0 Å². The van der Waals surface area contributed by atoms with E-state index < -0.39 is 12.1 Å². The maximum atomic E-state index is 12.0. The zero-order valence-corrected chi connectivity index (χ0v) is 11.4. The molecule has 1 atom stereocenters. The molecule has 1 aliphatic rings. The number of ketones is 1.